The lowest BCUT2D eigenvalue weighted by molar-refractivity contribution is 0.0915. The fraction of sp³-hybridized carbons (Fsp3) is 0.417. The molecule has 0 unspecified atom stereocenters. The molecule has 82 valence electrons. The minimum Gasteiger partial charge on any atom is -0.394 e. The van der Waals surface area contributed by atoms with Gasteiger partial charge in [-0.2, -0.15) is 0 Å². The van der Waals surface area contributed by atoms with Gasteiger partial charge in [-0.15, -0.1) is 0 Å². The highest BCUT2D eigenvalue weighted by Gasteiger charge is 2.10. The van der Waals surface area contributed by atoms with Gasteiger partial charge in [0.1, 0.15) is 0 Å². The van der Waals surface area contributed by atoms with Crippen LogP contribution in [0.4, 0.5) is 0 Å². The molecule has 3 heteroatoms. The second kappa shape index (κ2) is 5.51. The van der Waals surface area contributed by atoms with Crippen molar-refractivity contribution in [2.45, 2.75) is 26.3 Å². The molecular weight excluding hydrogens is 190 g/mol. The van der Waals surface area contributed by atoms with E-state index in [9.17, 15) is 4.79 Å². The molecule has 1 rings (SSSR count). The van der Waals surface area contributed by atoms with E-state index in [0.717, 1.165) is 12.0 Å². The van der Waals surface area contributed by atoms with Gasteiger partial charge in [0.25, 0.3) is 5.91 Å². The Morgan fingerprint density at radius 1 is 1.40 bits per heavy atom. The molecule has 2 N–H and O–H groups in total. The van der Waals surface area contributed by atoms with E-state index in [2.05, 4.69) is 5.32 Å². The van der Waals surface area contributed by atoms with Crippen LogP contribution in [-0.4, -0.2) is 23.7 Å². The van der Waals surface area contributed by atoms with Gasteiger partial charge < -0.3 is 10.4 Å². The number of rotatable bonds is 4. The van der Waals surface area contributed by atoms with Gasteiger partial charge in [0.15, 0.2) is 0 Å². The van der Waals surface area contributed by atoms with Crippen LogP contribution in [0.15, 0.2) is 24.3 Å². The molecule has 0 fully saturated rings. The fourth-order valence-electron chi connectivity index (χ4n) is 1.25. The lowest BCUT2D eigenvalue weighted by Crippen LogP contribution is -2.36. The summed E-state index contributed by atoms with van der Waals surface area (Å²) in [5, 5.41) is 11.7. The molecule has 15 heavy (non-hydrogen) atoms. The van der Waals surface area contributed by atoms with E-state index in [1.807, 2.05) is 26.0 Å². The van der Waals surface area contributed by atoms with E-state index in [1.54, 1.807) is 12.1 Å². The van der Waals surface area contributed by atoms with Gasteiger partial charge in [0.2, 0.25) is 0 Å². The minimum atomic E-state index is -0.154. The normalized spacial score (nSPS) is 12.2. The van der Waals surface area contributed by atoms with Gasteiger partial charge >= 0.3 is 0 Å². The van der Waals surface area contributed by atoms with E-state index in [1.165, 1.54) is 0 Å². The lowest BCUT2D eigenvalue weighted by Gasteiger charge is -2.13. The maximum absolute atomic E-state index is 11.7. The van der Waals surface area contributed by atoms with Gasteiger partial charge in [-0.3, -0.25) is 4.79 Å². The highest BCUT2D eigenvalue weighted by atomic mass is 16.3. The molecule has 0 aliphatic rings. The summed E-state index contributed by atoms with van der Waals surface area (Å²) in [5.74, 6) is -0.129. The summed E-state index contributed by atoms with van der Waals surface area (Å²) >= 11 is 0. The molecule has 0 aliphatic carbocycles. The van der Waals surface area contributed by atoms with Crippen LogP contribution in [0.5, 0.6) is 0 Å². The fourth-order valence-corrected chi connectivity index (χ4v) is 1.25. The van der Waals surface area contributed by atoms with Gasteiger partial charge in [-0.25, -0.2) is 0 Å². The predicted octanol–water partition coefficient (Wildman–Crippen LogP) is 1.50. The molecule has 0 aromatic heterocycles. The molecule has 0 saturated heterocycles. The molecule has 0 heterocycles. The van der Waals surface area contributed by atoms with Crippen molar-refractivity contribution in [3.05, 3.63) is 35.4 Å². The Hall–Kier alpha value is -1.35. The van der Waals surface area contributed by atoms with Crippen LogP contribution in [-0.2, 0) is 0 Å². The summed E-state index contributed by atoms with van der Waals surface area (Å²) in [6, 6.07) is 7.21. The molecule has 0 radical (unpaired) electrons. The van der Waals surface area contributed by atoms with Crippen LogP contribution >= 0.6 is 0 Å². The van der Waals surface area contributed by atoms with Crippen molar-refractivity contribution in [3.8, 4) is 0 Å². The Bertz CT molecular complexity index is 315. The monoisotopic (exact) mass is 207 g/mol. The number of hydrogen-bond donors (Lipinski definition) is 2. The molecule has 0 saturated carbocycles. The quantitative estimate of drug-likeness (QED) is 0.786. The van der Waals surface area contributed by atoms with Crippen molar-refractivity contribution in [2.24, 2.45) is 0 Å². The van der Waals surface area contributed by atoms with E-state index in [-0.39, 0.29) is 18.6 Å². The highest BCUT2D eigenvalue weighted by molar-refractivity contribution is 5.94. The highest BCUT2D eigenvalue weighted by Crippen LogP contribution is 2.03. The standard InChI is InChI=1S/C12H17NO2/c1-3-11(8-14)13-12(15)10-6-4-9(2)5-7-10/h4-7,11,14H,3,8H2,1-2H3,(H,13,15)/t11-/m0/s1. The zero-order valence-corrected chi connectivity index (χ0v) is 9.16. The molecular formula is C12H17NO2. The Morgan fingerprint density at radius 3 is 2.47 bits per heavy atom. The Balaban J connectivity index is 2.64. The zero-order chi connectivity index (χ0) is 11.3. The van der Waals surface area contributed by atoms with E-state index in [4.69, 9.17) is 5.11 Å². The van der Waals surface area contributed by atoms with Crippen LogP contribution in [0.25, 0.3) is 0 Å². The van der Waals surface area contributed by atoms with Crippen LogP contribution in [0.3, 0.4) is 0 Å². The van der Waals surface area contributed by atoms with Crippen molar-refractivity contribution in [3.63, 3.8) is 0 Å². The smallest absolute Gasteiger partial charge is 0.251 e. The summed E-state index contributed by atoms with van der Waals surface area (Å²) in [6.07, 6.45) is 0.730. The number of amides is 1. The number of aliphatic hydroxyl groups is 1. The van der Waals surface area contributed by atoms with Gasteiger partial charge in [-0.1, -0.05) is 24.6 Å². The zero-order valence-electron chi connectivity index (χ0n) is 9.16. The third-order valence-electron chi connectivity index (χ3n) is 2.36. The summed E-state index contributed by atoms with van der Waals surface area (Å²) in [7, 11) is 0. The third-order valence-corrected chi connectivity index (χ3v) is 2.36. The summed E-state index contributed by atoms with van der Waals surface area (Å²) in [4.78, 5) is 11.7. The average Bonchev–Trinajstić information content (AvgIpc) is 2.26. The summed E-state index contributed by atoms with van der Waals surface area (Å²) in [5.41, 5.74) is 1.76. The number of carbonyl (C=O) groups is 1. The van der Waals surface area contributed by atoms with E-state index < -0.39 is 0 Å². The largest absolute Gasteiger partial charge is 0.394 e. The van der Waals surface area contributed by atoms with Crippen LogP contribution in [0, 0.1) is 6.92 Å². The Morgan fingerprint density at radius 2 is 2.00 bits per heavy atom. The molecule has 1 aromatic rings. The first kappa shape index (κ1) is 11.7. The van der Waals surface area contributed by atoms with Crippen molar-refractivity contribution < 1.29 is 9.90 Å². The molecule has 1 amide bonds. The number of hydrogen-bond acceptors (Lipinski definition) is 2. The number of carbonyl (C=O) groups excluding carboxylic acids is 1. The summed E-state index contributed by atoms with van der Waals surface area (Å²) < 4.78 is 0. The third kappa shape index (κ3) is 3.36. The van der Waals surface area contributed by atoms with Gasteiger partial charge in [-0.05, 0) is 25.5 Å². The lowest BCUT2D eigenvalue weighted by atomic mass is 10.1. The second-order valence-corrected chi connectivity index (χ2v) is 3.63. The Labute approximate surface area is 90.1 Å². The maximum atomic E-state index is 11.7. The van der Waals surface area contributed by atoms with Gasteiger partial charge in [0.05, 0.1) is 12.6 Å². The first-order valence-electron chi connectivity index (χ1n) is 5.15. The van der Waals surface area contributed by atoms with Crippen LogP contribution < -0.4 is 5.32 Å². The maximum Gasteiger partial charge on any atom is 0.251 e. The number of aryl methyl sites for hydroxylation is 1. The molecule has 3 nitrogen and oxygen atoms in total. The van der Waals surface area contributed by atoms with E-state index >= 15 is 0 Å². The first-order chi connectivity index (χ1) is 7.17. The topological polar surface area (TPSA) is 49.3 Å². The molecule has 0 bridgehead atoms. The van der Waals surface area contributed by atoms with Gasteiger partial charge in [0, 0.05) is 5.56 Å². The van der Waals surface area contributed by atoms with Crippen molar-refractivity contribution in [1.29, 1.82) is 0 Å². The van der Waals surface area contributed by atoms with Crippen molar-refractivity contribution in [2.75, 3.05) is 6.61 Å². The van der Waals surface area contributed by atoms with Crippen molar-refractivity contribution in [1.82, 2.24) is 5.32 Å². The summed E-state index contributed by atoms with van der Waals surface area (Å²) in [6.45, 7) is 3.88. The second-order valence-electron chi connectivity index (χ2n) is 3.63. The Kier molecular flexibility index (Phi) is 4.31. The molecule has 1 aromatic carbocycles. The molecule has 0 spiro atoms. The number of nitrogens with one attached hydrogen (secondary N) is 1. The van der Waals surface area contributed by atoms with Crippen LogP contribution in [0.1, 0.15) is 29.3 Å². The average molecular weight is 207 g/mol. The molecule has 1 atom stereocenters. The SMILES string of the molecule is CC[C@@H](CO)NC(=O)c1ccc(C)cc1. The number of aliphatic hydroxyl groups excluding tert-OH is 1. The van der Waals surface area contributed by atoms with Crippen molar-refractivity contribution >= 4 is 5.91 Å². The number of benzene rings is 1. The predicted molar refractivity (Wildman–Crippen MR) is 59.8 cm³/mol. The minimum absolute atomic E-state index is 0.0197. The van der Waals surface area contributed by atoms with Crippen LogP contribution in [0.2, 0.25) is 0 Å². The molecule has 0 aliphatic heterocycles. The van der Waals surface area contributed by atoms with E-state index in [0.29, 0.717) is 5.56 Å². The first-order valence-corrected chi connectivity index (χ1v) is 5.15.